The molecule has 0 bridgehead atoms. The highest BCUT2D eigenvalue weighted by atomic mass is 16.3. The van der Waals surface area contributed by atoms with Crippen LogP contribution in [-0.4, -0.2) is 39.7 Å². The lowest BCUT2D eigenvalue weighted by molar-refractivity contribution is 0.0604. The number of aliphatic hydroxyl groups excluding tert-OH is 2. The molecule has 2 atom stereocenters. The average molecular weight is 225 g/mol. The van der Waals surface area contributed by atoms with Crippen molar-refractivity contribution in [3.05, 3.63) is 23.3 Å². The van der Waals surface area contributed by atoms with Crippen molar-refractivity contribution in [2.75, 3.05) is 13.2 Å². The number of hydrogen-bond donors (Lipinski definition) is 5. The van der Waals surface area contributed by atoms with Crippen LogP contribution >= 0.6 is 0 Å². The molecule has 0 saturated heterocycles. The SMILES string of the molecule is OC[C@@H](O)[C@H]1NCCc2cc(O)c(O)cc21. The Morgan fingerprint density at radius 1 is 1.31 bits per heavy atom. The van der Waals surface area contributed by atoms with Gasteiger partial charge >= 0.3 is 0 Å². The maximum atomic E-state index is 9.63. The molecule has 0 radical (unpaired) electrons. The second kappa shape index (κ2) is 4.29. The predicted molar refractivity (Wildman–Crippen MR) is 57.3 cm³/mol. The molecule has 16 heavy (non-hydrogen) atoms. The molecule has 0 spiro atoms. The number of benzene rings is 1. The van der Waals surface area contributed by atoms with Gasteiger partial charge in [0.2, 0.25) is 0 Å². The van der Waals surface area contributed by atoms with Crippen molar-refractivity contribution >= 4 is 0 Å². The zero-order valence-corrected chi connectivity index (χ0v) is 8.72. The zero-order valence-electron chi connectivity index (χ0n) is 8.72. The van der Waals surface area contributed by atoms with Gasteiger partial charge in [-0.05, 0) is 36.2 Å². The highest BCUT2D eigenvalue weighted by Crippen LogP contribution is 2.34. The first-order valence-electron chi connectivity index (χ1n) is 5.20. The van der Waals surface area contributed by atoms with Crippen LogP contribution in [0.1, 0.15) is 17.2 Å². The minimum absolute atomic E-state index is 0.155. The molecule has 0 aromatic heterocycles. The van der Waals surface area contributed by atoms with Crippen LogP contribution in [0.2, 0.25) is 0 Å². The summed E-state index contributed by atoms with van der Waals surface area (Å²) in [4.78, 5) is 0. The number of hydrogen-bond acceptors (Lipinski definition) is 5. The average Bonchev–Trinajstić information content (AvgIpc) is 2.29. The first-order chi connectivity index (χ1) is 7.63. The molecule has 1 aliphatic heterocycles. The molecule has 0 unspecified atom stereocenters. The van der Waals surface area contributed by atoms with Crippen molar-refractivity contribution in [3.8, 4) is 11.5 Å². The van der Waals surface area contributed by atoms with Gasteiger partial charge in [0, 0.05) is 0 Å². The van der Waals surface area contributed by atoms with Crippen molar-refractivity contribution in [1.29, 1.82) is 0 Å². The Bertz CT molecular complexity index is 394. The third-order valence-electron chi connectivity index (χ3n) is 2.90. The standard InChI is InChI=1S/C11H15NO4/c13-5-10(16)11-7-4-9(15)8(14)3-6(7)1-2-12-11/h3-4,10-16H,1-2,5H2/t10-,11+/m1/s1. The summed E-state index contributed by atoms with van der Waals surface area (Å²) in [6.45, 7) is 0.317. The predicted octanol–water partition coefficient (Wildman–Crippen LogP) is -0.362. The largest absolute Gasteiger partial charge is 0.504 e. The topological polar surface area (TPSA) is 93.0 Å². The van der Waals surface area contributed by atoms with Crippen molar-refractivity contribution in [2.45, 2.75) is 18.6 Å². The van der Waals surface area contributed by atoms with Gasteiger partial charge in [0.25, 0.3) is 0 Å². The van der Waals surface area contributed by atoms with Crippen LogP contribution in [0.5, 0.6) is 11.5 Å². The molecular weight excluding hydrogens is 210 g/mol. The molecule has 0 saturated carbocycles. The van der Waals surface area contributed by atoms with Gasteiger partial charge in [0.1, 0.15) is 0 Å². The van der Waals surface area contributed by atoms with Crippen LogP contribution in [-0.2, 0) is 6.42 Å². The van der Waals surface area contributed by atoms with E-state index in [1.807, 2.05) is 0 Å². The second-order valence-electron chi connectivity index (χ2n) is 3.97. The second-order valence-corrected chi connectivity index (χ2v) is 3.97. The van der Waals surface area contributed by atoms with Crippen molar-refractivity contribution in [1.82, 2.24) is 5.32 Å². The summed E-state index contributed by atoms with van der Waals surface area (Å²) in [6.07, 6.45) is -0.194. The summed E-state index contributed by atoms with van der Waals surface area (Å²) < 4.78 is 0. The number of phenols is 2. The molecule has 1 heterocycles. The van der Waals surface area contributed by atoms with E-state index in [0.29, 0.717) is 6.54 Å². The molecule has 5 N–H and O–H groups in total. The maximum Gasteiger partial charge on any atom is 0.157 e. The van der Waals surface area contributed by atoms with E-state index in [1.165, 1.54) is 12.1 Å². The van der Waals surface area contributed by atoms with Gasteiger partial charge in [-0.25, -0.2) is 0 Å². The number of aromatic hydroxyl groups is 2. The van der Waals surface area contributed by atoms with Crippen LogP contribution in [0.15, 0.2) is 12.1 Å². The summed E-state index contributed by atoms with van der Waals surface area (Å²) >= 11 is 0. The van der Waals surface area contributed by atoms with Crippen molar-refractivity contribution in [2.24, 2.45) is 0 Å². The zero-order chi connectivity index (χ0) is 11.7. The third-order valence-corrected chi connectivity index (χ3v) is 2.90. The first kappa shape index (κ1) is 11.2. The van der Waals surface area contributed by atoms with E-state index < -0.39 is 12.1 Å². The third kappa shape index (κ3) is 1.84. The van der Waals surface area contributed by atoms with Gasteiger partial charge in [-0.3, -0.25) is 0 Å². The highest BCUT2D eigenvalue weighted by Gasteiger charge is 2.26. The van der Waals surface area contributed by atoms with Gasteiger partial charge in [-0.2, -0.15) is 0 Å². The maximum absolute atomic E-state index is 9.63. The Hall–Kier alpha value is -1.30. The molecule has 5 heteroatoms. The van der Waals surface area contributed by atoms with Gasteiger partial charge in [-0.1, -0.05) is 0 Å². The van der Waals surface area contributed by atoms with Crippen LogP contribution in [0, 0.1) is 0 Å². The van der Waals surface area contributed by atoms with Crippen molar-refractivity contribution < 1.29 is 20.4 Å². The molecule has 1 aromatic carbocycles. The van der Waals surface area contributed by atoms with Crippen LogP contribution in [0.25, 0.3) is 0 Å². The Balaban J connectivity index is 2.41. The minimum atomic E-state index is -0.914. The van der Waals surface area contributed by atoms with Crippen molar-refractivity contribution in [3.63, 3.8) is 0 Å². The van der Waals surface area contributed by atoms with E-state index in [4.69, 9.17) is 5.11 Å². The van der Waals surface area contributed by atoms with E-state index in [-0.39, 0.29) is 18.1 Å². The Morgan fingerprint density at radius 3 is 2.69 bits per heavy atom. The summed E-state index contributed by atoms with van der Waals surface area (Å²) in [7, 11) is 0. The highest BCUT2D eigenvalue weighted by molar-refractivity contribution is 5.48. The molecule has 88 valence electrons. The molecular formula is C11H15NO4. The van der Waals surface area contributed by atoms with Crippen LogP contribution < -0.4 is 5.32 Å². The monoisotopic (exact) mass is 225 g/mol. The summed E-state index contributed by atoms with van der Waals surface area (Å²) in [5.41, 5.74) is 1.61. The Morgan fingerprint density at radius 2 is 2.00 bits per heavy atom. The lowest BCUT2D eigenvalue weighted by Crippen LogP contribution is -2.39. The van der Waals surface area contributed by atoms with E-state index in [9.17, 15) is 15.3 Å². The Labute approximate surface area is 93.0 Å². The number of phenolic OH excluding ortho intramolecular Hbond substituents is 2. The van der Waals surface area contributed by atoms with Gasteiger partial charge in [-0.15, -0.1) is 0 Å². The molecule has 0 aliphatic carbocycles. The van der Waals surface area contributed by atoms with E-state index in [0.717, 1.165) is 17.5 Å². The number of aliphatic hydroxyl groups is 2. The van der Waals surface area contributed by atoms with E-state index in [2.05, 4.69) is 5.32 Å². The fourth-order valence-electron chi connectivity index (χ4n) is 2.06. The number of rotatable bonds is 2. The van der Waals surface area contributed by atoms with Gasteiger partial charge in [0.05, 0.1) is 18.8 Å². The lowest BCUT2D eigenvalue weighted by atomic mass is 9.91. The fourth-order valence-corrected chi connectivity index (χ4v) is 2.06. The lowest BCUT2D eigenvalue weighted by Gasteiger charge is -2.30. The molecule has 1 aliphatic rings. The summed E-state index contributed by atoms with van der Waals surface area (Å²) in [5, 5.41) is 40.4. The molecule has 5 nitrogen and oxygen atoms in total. The fraction of sp³-hybridized carbons (Fsp3) is 0.455. The summed E-state index contributed by atoms with van der Waals surface area (Å²) in [6, 6.07) is 2.53. The van der Waals surface area contributed by atoms with Crippen LogP contribution in [0.3, 0.4) is 0 Å². The van der Waals surface area contributed by atoms with Gasteiger partial charge < -0.3 is 25.7 Å². The quantitative estimate of drug-likeness (QED) is 0.443. The smallest absolute Gasteiger partial charge is 0.157 e. The van der Waals surface area contributed by atoms with Crippen LogP contribution in [0.4, 0.5) is 0 Å². The van der Waals surface area contributed by atoms with E-state index in [1.54, 1.807) is 0 Å². The molecule has 0 fully saturated rings. The first-order valence-corrected chi connectivity index (χ1v) is 5.20. The summed E-state index contributed by atoms with van der Waals surface area (Å²) in [5.74, 6) is -0.365. The minimum Gasteiger partial charge on any atom is -0.504 e. The number of nitrogens with one attached hydrogen (secondary N) is 1. The normalized spacial score (nSPS) is 21.5. The van der Waals surface area contributed by atoms with Gasteiger partial charge in [0.15, 0.2) is 11.5 Å². The Kier molecular flexibility index (Phi) is 3.00. The number of fused-ring (bicyclic) bond motifs is 1. The van der Waals surface area contributed by atoms with E-state index >= 15 is 0 Å². The molecule has 1 aromatic rings. The molecule has 2 rings (SSSR count). The molecule has 0 amide bonds.